The monoisotopic (exact) mass is 379 g/mol. The number of hydrogen-bond donors (Lipinski definition) is 0. The molecule has 0 atom stereocenters. The van der Waals surface area contributed by atoms with Crippen molar-refractivity contribution in [1.29, 1.82) is 5.26 Å². The second-order valence-corrected chi connectivity index (χ2v) is 8.73. The average molecular weight is 380 g/mol. The first-order chi connectivity index (χ1) is 12.7. The van der Waals surface area contributed by atoms with Gasteiger partial charge in [0.1, 0.15) is 33.9 Å². The third kappa shape index (κ3) is 3.54. The molecule has 0 fully saturated rings. The van der Waals surface area contributed by atoms with Crippen molar-refractivity contribution >= 4 is 11.8 Å². The van der Waals surface area contributed by atoms with Gasteiger partial charge in [0.05, 0.1) is 5.69 Å². The minimum atomic E-state index is -0.103. The number of hydrogen-bond acceptors (Lipinski definition) is 4. The van der Waals surface area contributed by atoms with E-state index in [0.717, 1.165) is 27.8 Å². The van der Waals surface area contributed by atoms with Crippen molar-refractivity contribution in [3.8, 4) is 23.0 Å². The Morgan fingerprint density at radius 3 is 2.19 bits per heavy atom. The van der Waals surface area contributed by atoms with Crippen LogP contribution in [0.25, 0.3) is 16.9 Å². The fourth-order valence-electron chi connectivity index (χ4n) is 3.22. The van der Waals surface area contributed by atoms with E-state index in [-0.39, 0.29) is 5.41 Å². The van der Waals surface area contributed by atoms with Crippen LogP contribution >= 0.6 is 11.8 Å². The van der Waals surface area contributed by atoms with Crippen molar-refractivity contribution < 1.29 is 4.42 Å². The second kappa shape index (κ2) is 6.94. The van der Waals surface area contributed by atoms with Crippen LogP contribution in [0.5, 0.6) is 0 Å². The lowest BCUT2D eigenvalue weighted by Gasteiger charge is -2.13. The summed E-state index contributed by atoms with van der Waals surface area (Å²) >= 11 is 1.53. The van der Waals surface area contributed by atoms with E-state index < -0.39 is 0 Å². The Hall–Kier alpha value is -2.45. The van der Waals surface area contributed by atoms with E-state index in [1.807, 2.05) is 23.9 Å². The van der Waals surface area contributed by atoms with Gasteiger partial charge in [-0.3, -0.25) is 0 Å². The molecule has 3 aromatic rings. The van der Waals surface area contributed by atoms with Gasteiger partial charge in [0.25, 0.3) is 0 Å². The van der Waals surface area contributed by atoms with E-state index in [2.05, 4.69) is 58.9 Å². The normalized spacial score (nSPS) is 11.6. The highest BCUT2D eigenvalue weighted by Gasteiger charge is 2.26. The molecular formula is C22H25N3OS. The van der Waals surface area contributed by atoms with Crippen molar-refractivity contribution in [2.24, 2.45) is 0 Å². The van der Waals surface area contributed by atoms with Gasteiger partial charge in [-0.2, -0.15) is 10.4 Å². The Labute approximate surface area is 165 Å². The molecule has 0 bridgehead atoms. The highest BCUT2D eigenvalue weighted by molar-refractivity contribution is 7.98. The highest BCUT2D eigenvalue weighted by Crippen LogP contribution is 2.37. The van der Waals surface area contributed by atoms with E-state index >= 15 is 0 Å². The van der Waals surface area contributed by atoms with Crippen molar-refractivity contribution in [3.63, 3.8) is 0 Å². The van der Waals surface area contributed by atoms with Crippen LogP contribution in [-0.2, 0) is 5.41 Å². The summed E-state index contributed by atoms with van der Waals surface area (Å²) in [4.78, 5) is 0. The Bertz CT molecular complexity index is 1020. The minimum Gasteiger partial charge on any atom is -0.465 e. The molecule has 3 rings (SSSR count). The van der Waals surface area contributed by atoms with Crippen LogP contribution in [0.15, 0.2) is 33.7 Å². The van der Waals surface area contributed by atoms with Gasteiger partial charge < -0.3 is 4.42 Å². The molecule has 0 aliphatic heterocycles. The summed E-state index contributed by atoms with van der Waals surface area (Å²) in [5.41, 5.74) is 5.36. The third-order valence-electron chi connectivity index (χ3n) is 4.51. The van der Waals surface area contributed by atoms with Crippen LogP contribution in [0.4, 0.5) is 0 Å². The lowest BCUT2D eigenvalue weighted by molar-refractivity contribution is 0.396. The predicted octanol–water partition coefficient (Wildman–Crippen LogP) is 5.95. The quantitative estimate of drug-likeness (QED) is 0.528. The standard InChI is InChI=1S/C22H25N3OS/c1-13-8-14(2)10-16(9-13)25-21(27-7)18(12-23)20(24-25)17-11-19(22(4,5)6)26-15(17)3/h8-11H,1-7H3. The van der Waals surface area contributed by atoms with Gasteiger partial charge in [-0.15, -0.1) is 11.8 Å². The molecule has 2 aromatic heterocycles. The molecule has 2 heterocycles. The van der Waals surface area contributed by atoms with Gasteiger partial charge in [-0.05, 0) is 56.4 Å². The fourth-order valence-corrected chi connectivity index (χ4v) is 3.88. The summed E-state index contributed by atoms with van der Waals surface area (Å²) in [5.74, 6) is 1.68. The molecule has 0 aliphatic carbocycles. The maximum Gasteiger partial charge on any atom is 0.118 e. The molecule has 0 unspecified atom stereocenters. The summed E-state index contributed by atoms with van der Waals surface area (Å²) in [5, 5.41) is 15.6. The molecule has 5 heteroatoms. The highest BCUT2D eigenvalue weighted by atomic mass is 32.2. The minimum absolute atomic E-state index is 0.103. The molecular weight excluding hydrogens is 354 g/mol. The van der Waals surface area contributed by atoms with Gasteiger partial charge in [-0.1, -0.05) is 26.8 Å². The molecule has 0 aliphatic rings. The third-order valence-corrected chi connectivity index (χ3v) is 5.28. The van der Waals surface area contributed by atoms with Crippen molar-refractivity contribution in [2.75, 3.05) is 6.26 Å². The maximum absolute atomic E-state index is 9.87. The van der Waals surface area contributed by atoms with E-state index in [4.69, 9.17) is 9.52 Å². The number of nitriles is 1. The first-order valence-corrected chi connectivity index (χ1v) is 10.1. The molecule has 0 saturated heterocycles. The number of aromatic nitrogens is 2. The van der Waals surface area contributed by atoms with Gasteiger partial charge in [0.2, 0.25) is 0 Å². The van der Waals surface area contributed by atoms with Gasteiger partial charge in [0.15, 0.2) is 0 Å². The van der Waals surface area contributed by atoms with Gasteiger partial charge >= 0.3 is 0 Å². The van der Waals surface area contributed by atoms with E-state index in [1.54, 1.807) is 0 Å². The number of nitrogens with zero attached hydrogens (tertiary/aromatic N) is 3. The fraction of sp³-hybridized carbons (Fsp3) is 0.364. The van der Waals surface area contributed by atoms with Crippen LogP contribution < -0.4 is 0 Å². The zero-order valence-corrected chi connectivity index (χ0v) is 17.8. The lowest BCUT2D eigenvalue weighted by atomic mass is 9.93. The number of furan rings is 1. The van der Waals surface area contributed by atoms with Crippen LogP contribution in [0.2, 0.25) is 0 Å². The molecule has 0 saturated carbocycles. The van der Waals surface area contributed by atoms with Crippen LogP contribution in [-0.4, -0.2) is 16.0 Å². The van der Waals surface area contributed by atoms with Gasteiger partial charge in [0, 0.05) is 11.0 Å². The average Bonchev–Trinajstić information content (AvgIpc) is 3.13. The van der Waals surface area contributed by atoms with Crippen molar-refractivity contribution in [1.82, 2.24) is 9.78 Å². The molecule has 0 N–H and O–H groups in total. The lowest BCUT2D eigenvalue weighted by Crippen LogP contribution is -2.09. The summed E-state index contributed by atoms with van der Waals surface area (Å²) in [6.07, 6.45) is 1.98. The molecule has 27 heavy (non-hydrogen) atoms. The van der Waals surface area contributed by atoms with E-state index in [1.165, 1.54) is 22.9 Å². The Morgan fingerprint density at radius 1 is 1.07 bits per heavy atom. The first-order valence-electron chi connectivity index (χ1n) is 8.92. The Kier molecular flexibility index (Phi) is 4.96. The molecule has 1 aromatic carbocycles. The van der Waals surface area contributed by atoms with E-state index in [0.29, 0.717) is 11.3 Å². The number of benzene rings is 1. The zero-order valence-electron chi connectivity index (χ0n) is 17.0. The SMILES string of the molecule is CSc1c(C#N)c(-c2cc(C(C)(C)C)oc2C)nn1-c1cc(C)cc(C)c1. The van der Waals surface area contributed by atoms with E-state index in [9.17, 15) is 5.26 Å². The van der Waals surface area contributed by atoms with Crippen molar-refractivity contribution in [2.45, 2.75) is 52.0 Å². The number of thioether (sulfide) groups is 1. The molecule has 140 valence electrons. The maximum atomic E-state index is 9.87. The summed E-state index contributed by atoms with van der Waals surface area (Å²) in [7, 11) is 0. The Morgan fingerprint density at radius 2 is 1.70 bits per heavy atom. The van der Waals surface area contributed by atoms with Crippen LogP contribution in [0, 0.1) is 32.1 Å². The topological polar surface area (TPSA) is 54.8 Å². The zero-order chi connectivity index (χ0) is 19.9. The number of aryl methyl sites for hydroxylation is 3. The number of rotatable bonds is 3. The summed E-state index contributed by atoms with van der Waals surface area (Å²) < 4.78 is 7.87. The predicted molar refractivity (Wildman–Crippen MR) is 111 cm³/mol. The smallest absolute Gasteiger partial charge is 0.118 e. The Balaban J connectivity index is 2.26. The molecule has 4 nitrogen and oxygen atoms in total. The second-order valence-electron chi connectivity index (χ2n) is 7.93. The summed E-state index contributed by atoms with van der Waals surface area (Å²) in [6, 6.07) is 10.7. The molecule has 0 radical (unpaired) electrons. The molecule has 0 amide bonds. The first kappa shape index (κ1) is 19.3. The van der Waals surface area contributed by atoms with Crippen molar-refractivity contribution in [3.05, 3.63) is 52.5 Å². The van der Waals surface area contributed by atoms with Gasteiger partial charge in [-0.25, -0.2) is 4.68 Å². The summed E-state index contributed by atoms with van der Waals surface area (Å²) in [6.45, 7) is 12.4. The largest absolute Gasteiger partial charge is 0.465 e. The van der Waals surface area contributed by atoms with Crippen LogP contribution in [0.1, 0.15) is 49.0 Å². The molecule has 0 spiro atoms. The van der Waals surface area contributed by atoms with Crippen LogP contribution in [0.3, 0.4) is 0 Å².